The van der Waals surface area contributed by atoms with E-state index in [2.05, 4.69) is 12.2 Å². The molecule has 106 valence electrons. The van der Waals surface area contributed by atoms with Gasteiger partial charge >= 0.3 is 0 Å². The van der Waals surface area contributed by atoms with Crippen molar-refractivity contribution in [3.63, 3.8) is 0 Å². The zero-order valence-electron chi connectivity index (χ0n) is 12.1. The monoisotopic (exact) mass is 273 g/mol. The number of nitrogens with one attached hydrogen (secondary N) is 1. The fourth-order valence-corrected chi connectivity index (χ4v) is 2.19. The third-order valence-corrected chi connectivity index (χ3v) is 3.42. The van der Waals surface area contributed by atoms with Gasteiger partial charge in [-0.15, -0.1) is 0 Å². The van der Waals surface area contributed by atoms with E-state index in [9.17, 15) is 4.39 Å². The molecule has 0 aliphatic carbocycles. The molecule has 0 aliphatic rings. The molecule has 0 fully saturated rings. The molecule has 0 aliphatic heterocycles. The molecule has 0 aromatic heterocycles. The first-order valence-electron chi connectivity index (χ1n) is 6.85. The van der Waals surface area contributed by atoms with Gasteiger partial charge in [0.25, 0.3) is 0 Å². The van der Waals surface area contributed by atoms with Crippen LogP contribution >= 0.6 is 0 Å². The third-order valence-electron chi connectivity index (χ3n) is 3.42. The highest BCUT2D eigenvalue weighted by Crippen LogP contribution is 2.27. The van der Waals surface area contributed by atoms with Gasteiger partial charge in [-0.1, -0.05) is 25.1 Å². The lowest BCUT2D eigenvalue weighted by Gasteiger charge is -2.15. The molecule has 1 unspecified atom stereocenters. The molecule has 2 rings (SSSR count). The molecule has 1 atom stereocenters. The lowest BCUT2D eigenvalue weighted by molar-refractivity contribution is 0.472. The minimum absolute atomic E-state index is 0.288. The summed E-state index contributed by atoms with van der Waals surface area (Å²) in [5, 5.41) is 3.26. The Morgan fingerprint density at radius 3 is 2.45 bits per heavy atom. The van der Waals surface area contributed by atoms with Crippen molar-refractivity contribution < 1.29 is 9.13 Å². The topological polar surface area (TPSA) is 21.3 Å². The van der Waals surface area contributed by atoms with Gasteiger partial charge in [-0.25, -0.2) is 4.39 Å². The Labute approximate surface area is 119 Å². The van der Waals surface area contributed by atoms with Crippen molar-refractivity contribution in [2.45, 2.75) is 26.3 Å². The second-order valence-electron chi connectivity index (χ2n) is 4.83. The molecule has 2 nitrogen and oxygen atoms in total. The van der Waals surface area contributed by atoms with Crippen molar-refractivity contribution in [2.24, 2.45) is 0 Å². The summed E-state index contributed by atoms with van der Waals surface area (Å²) in [4.78, 5) is 0. The van der Waals surface area contributed by atoms with Gasteiger partial charge in [0.1, 0.15) is 17.3 Å². The highest BCUT2D eigenvalue weighted by atomic mass is 19.1. The Kier molecular flexibility index (Phi) is 4.74. The SMILES string of the molecule is CCC(NC)c1ccc(Oc2cc(F)ccc2C)cc1. The van der Waals surface area contributed by atoms with Crippen molar-refractivity contribution in [1.29, 1.82) is 0 Å². The van der Waals surface area contributed by atoms with Crippen molar-refractivity contribution in [2.75, 3.05) is 7.05 Å². The first-order valence-corrected chi connectivity index (χ1v) is 6.85. The normalized spacial score (nSPS) is 12.2. The molecule has 0 bridgehead atoms. The summed E-state index contributed by atoms with van der Waals surface area (Å²) in [6.45, 7) is 4.04. The van der Waals surface area contributed by atoms with Crippen LogP contribution in [0, 0.1) is 12.7 Å². The minimum Gasteiger partial charge on any atom is -0.457 e. The molecular formula is C17H20FNO. The molecule has 2 aromatic rings. The number of benzene rings is 2. The Bertz CT molecular complexity index is 562. The average Bonchev–Trinajstić information content (AvgIpc) is 2.46. The minimum atomic E-state index is -0.288. The van der Waals surface area contributed by atoms with E-state index in [1.165, 1.54) is 17.7 Å². The number of hydrogen-bond donors (Lipinski definition) is 1. The standard InChI is InChI=1S/C17H20FNO/c1-4-16(19-3)13-6-9-15(10-7-13)20-17-11-14(18)8-5-12(17)2/h5-11,16,19H,4H2,1-3H3. The second-order valence-corrected chi connectivity index (χ2v) is 4.83. The highest BCUT2D eigenvalue weighted by molar-refractivity contribution is 5.38. The van der Waals surface area contributed by atoms with Gasteiger partial charge in [0.05, 0.1) is 0 Å². The number of rotatable bonds is 5. The highest BCUT2D eigenvalue weighted by Gasteiger charge is 2.07. The van der Waals surface area contributed by atoms with Crippen LogP contribution in [0.15, 0.2) is 42.5 Å². The van der Waals surface area contributed by atoms with E-state index in [4.69, 9.17) is 4.74 Å². The fraction of sp³-hybridized carbons (Fsp3) is 0.294. The Morgan fingerprint density at radius 1 is 1.15 bits per heavy atom. The quantitative estimate of drug-likeness (QED) is 0.859. The van der Waals surface area contributed by atoms with Crippen LogP contribution in [0.1, 0.15) is 30.5 Å². The predicted octanol–water partition coefficient (Wildman–Crippen LogP) is 4.60. The van der Waals surface area contributed by atoms with Crippen LogP contribution < -0.4 is 10.1 Å². The van der Waals surface area contributed by atoms with Crippen molar-refractivity contribution >= 4 is 0 Å². The molecule has 20 heavy (non-hydrogen) atoms. The zero-order chi connectivity index (χ0) is 14.5. The van der Waals surface area contributed by atoms with Gasteiger partial charge in [-0.3, -0.25) is 0 Å². The van der Waals surface area contributed by atoms with Crippen molar-refractivity contribution in [1.82, 2.24) is 5.32 Å². The second kappa shape index (κ2) is 6.53. The van der Waals surface area contributed by atoms with Crippen molar-refractivity contribution in [3.05, 3.63) is 59.4 Å². The van der Waals surface area contributed by atoms with E-state index in [-0.39, 0.29) is 5.82 Å². The van der Waals surface area contributed by atoms with Gasteiger partial charge in [0.15, 0.2) is 0 Å². The van der Waals surface area contributed by atoms with Crippen LogP contribution in [0.5, 0.6) is 11.5 Å². The molecule has 0 radical (unpaired) electrons. The lowest BCUT2D eigenvalue weighted by atomic mass is 10.0. The van der Waals surface area contributed by atoms with Gasteiger partial charge in [-0.05, 0) is 49.7 Å². The molecule has 2 aromatic carbocycles. The number of aryl methyl sites for hydroxylation is 1. The van der Waals surface area contributed by atoms with E-state index in [0.29, 0.717) is 17.5 Å². The Hall–Kier alpha value is -1.87. The first-order chi connectivity index (χ1) is 9.63. The van der Waals surface area contributed by atoms with Crippen LogP contribution in [-0.2, 0) is 0 Å². The maximum Gasteiger partial charge on any atom is 0.133 e. The van der Waals surface area contributed by atoms with Gasteiger partial charge in [0, 0.05) is 12.1 Å². The molecule has 0 saturated carbocycles. The van der Waals surface area contributed by atoms with Crippen molar-refractivity contribution in [3.8, 4) is 11.5 Å². The summed E-state index contributed by atoms with van der Waals surface area (Å²) in [6, 6.07) is 12.8. The molecule has 3 heteroatoms. The summed E-state index contributed by atoms with van der Waals surface area (Å²) in [5.41, 5.74) is 2.13. The van der Waals surface area contributed by atoms with E-state index in [1.807, 2.05) is 38.2 Å². The summed E-state index contributed by atoms with van der Waals surface area (Å²) in [5.74, 6) is 0.982. The summed E-state index contributed by atoms with van der Waals surface area (Å²) in [7, 11) is 1.95. The number of ether oxygens (including phenoxy) is 1. The molecule has 1 N–H and O–H groups in total. The average molecular weight is 273 g/mol. The van der Waals surface area contributed by atoms with E-state index in [0.717, 1.165) is 12.0 Å². The van der Waals surface area contributed by atoms with Crippen LogP contribution in [0.25, 0.3) is 0 Å². The summed E-state index contributed by atoms with van der Waals surface area (Å²) >= 11 is 0. The summed E-state index contributed by atoms with van der Waals surface area (Å²) in [6.07, 6.45) is 1.03. The summed E-state index contributed by atoms with van der Waals surface area (Å²) < 4.78 is 19.0. The largest absolute Gasteiger partial charge is 0.457 e. The molecule has 0 saturated heterocycles. The maximum absolute atomic E-state index is 13.2. The smallest absolute Gasteiger partial charge is 0.133 e. The Balaban J connectivity index is 2.16. The molecule has 0 heterocycles. The third kappa shape index (κ3) is 3.36. The lowest BCUT2D eigenvalue weighted by Crippen LogP contribution is -2.14. The Morgan fingerprint density at radius 2 is 1.85 bits per heavy atom. The van der Waals surface area contributed by atoms with E-state index in [1.54, 1.807) is 6.07 Å². The van der Waals surface area contributed by atoms with Gasteiger partial charge < -0.3 is 10.1 Å². The van der Waals surface area contributed by atoms with Crippen LogP contribution in [0.2, 0.25) is 0 Å². The fourth-order valence-electron chi connectivity index (χ4n) is 2.19. The van der Waals surface area contributed by atoms with E-state index < -0.39 is 0 Å². The number of hydrogen-bond acceptors (Lipinski definition) is 2. The van der Waals surface area contributed by atoms with E-state index >= 15 is 0 Å². The molecule has 0 amide bonds. The van der Waals surface area contributed by atoms with Crippen LogP contribution in [0.4, 0.5) is 4.39 Å². The molecule has 0 spiro atoms. The maximum atomic E-state index is 13.2. The predicted molar refractivity (Wildman–Crippen MR) is 79.7 cm³/mol. The van der Waals surface area contributed by atoms with Gasteiger partial charge in [-0.2, -0.15) is 0 Å². The number of halogens is 1. The molecular weight excluding hydrogens is 253 g/mol. The van der Waals surface area contributed by atoms with Crippen LogP contribution in [0.3, 0.4) is 0 Å². The zero-order valence-corrected chi connectivity index (χ0v) is 12.1. The first kappa shape index (κ1) is 14.5. The van der Waals surface area contributed by atoms with Crippen LogP contribution in [-0.4, -0.2) is 7.05 Å². The van der Waals surface area contributed by atoms with Gasteiger partial charge in [0.2, 0.25) is 0 Å².